The summed E-state index contributed by atoms with van der Waals surface area (Å²) in [4.78, 5) is 0. The summed E-state index contributed by atoms with van der Waals surface area (Å²) in [5, 5.41) is 8.49. The third kappa shape index (κ3) is 2.61. The molecule has 146 valence electrons. The van der Waals surface area contributed by atoms with Crippen molar-refractivity contribution < 1.29 is 0 Å². The van der Waals surface area contributed by atoms with E-state index in [2.05, 4.69) is 133 Å². The SMILES string of the molecule is C1=CC=CC=1[Si](C1=c2ccccc2=C2C=CC=CC21)(c1ccccc1)c1ccccc1. The molecule has 0 saturated heterocycles. The van der Waals surface area contributed by atoms with Crippen molar-refractivity contribution in [3.8, 4) is 0 Å². The lowest BCUT2D eigenvalue weighted by molar-refractivity contribution is 1.15. The zero-order valence-electron chi connectivity index (χ0n) is 17.2. The molecule has 0 aromatic heterocycles. The highest BCUT2D eigenvalue weighted by atomic mass is 28.3. The maximum Gasteiger partial charge on any atom is 0.185 e. The molecule has 0 aliphatic heterocycles. The van der Waals surface area contributed by atoms with Crippen LogP contribution in [0.3, 0.4) is 0 Å². The van der Waals surface area contributed by atoms with Crippen molar-refractivity contribution in [2.75, 3.05) is 0 Å². The van der Waals surface area contributed by atoms with Gasteiger partial charge in [0.15, 0.2) is 8.07 Å². The first kappa shape index (κ1) is 18.2. The molecule has 0 heterocycles. The third-order valence-corrected chi connectivity index (χ3v) is 11.6. The Balaban J connectivity index is 1.84. The van der Waals surface area contributed by atoms with Crippen LogP contribution < -0.4 is 20.8 Å². The van der Waals surface area contributed by atoms with Gasteiger partial charge in [0, 0.05) is 5.92 Å². The van der Waals surface area contributed by atoms with Crippen LogP contribution in [0, 0.1) is 5.92 Å². The van der Waals surface area contributed by atoms with Gasteiger partial charge in [-0.1, -0.05) is 121 Å². The zero-order valence-corrected chi connectivity index (χ0v) is 18.2. The van der Waals surface area contributed by atoms with Crippen molar-refractivity contribution in [1.29, 1.82) is 0 Å². The summed E-state index contributed by atoms with van der Waals surface area (Å²) in [6.07, 6.45) is 15.6. The summed E-state index contributed by atoms with van der Waals surface area (Å²) in [5.41, 5.74) is 5.09. The van der Waals surface area contributed by atoms with Gasteiger partial charge in [0.1, 0.15) is 0 Å². The highest BCUT2D eigenvalue weighted by Crippen LogP contribution is 2.38. The Morgan fingerprint density at radius 3 is 1.90 bits per heavy atom. The minimum absolute atomic E-state index is 0.290. The monoisotopic (exact) mass is 410 g/mol. The van der Waals surface area contributed by atoms with Gasteiger partial charge in [0.2, 0.25) is 0 Å². The number of benzene rings is 3. The summed E-state index contributed by atoms with van der Waals surface area (Å²) < 4.78 is 0. The molecule has 31 heavy (non-hydrogen) atoms. The van der Waals surface area contributed by atoms with Crippen LogP contribution in [-0.2, 0) is 0 Å². The molecule has 1 heteroatoms. The van der Waals surface area contributed by atoms with E-state index in [1.807, 2.05) is 0 Å². The molecule has 6 rings (SSSR count). The van der Waals surface area contributed by atoms with E-state index in [4.69, 9.17) is 0 Å². The van der Waals surface area contributed by atoms with E-state index in [1.165, 1.54) is 31.6 Å². The summed E-state index contributed by atoms with van der Waals surface area (Å²) in [6, 6.07) is 31.3. The average molecular weight is 411 g/mol. The van der Waals surface area contributed by atoms with Gasteiger partial charge in [-0.15, -0.1) is 5.73 Å². The normalized spacial score (nSPS) is 18.3. The summed E-state index contributed by atoms with van der Waals surface area (Å²) >= 11 is 0. The molecule has 3 aliphatic carbocycles. The van der Waals surface area contributed by atoms with Gasteiger partial charge in [0.05, 0.1) is 0 Å². The van der Waals surface area contributed by atoms with Crippen LogP contribution in [0.2, 0.25) is 0 Å². The summed E-state index contributed by atoms with van der Waals surface area (Å²) in [5.74, 6) is 0.290. The predicted octanol–water partition coefficient (Wildman–Crippen LogP) is 3.74. The summed E-state index contributed by atoms with van der Waals surface area (Å²) in [6.45, 7) is 0. The Bertz CT molecular complexity index is 1400. The van der Waals surface area contributed by atoms with E-state index >= 15 is 0 Å². The van der Waals surface area contributed by atoms with E-state index in [9.17, 15) is 0 Å². The fourth-order valence-corrected chi connectivity index (χ4v) is 10.7. The topological polar surface area (TPSA) is 0 Å². The lowest BCUT2D eigenvalue weighted by Crippen LogP contribution is -2.63. The van der Waals surface area contributed by atoms with E-state index in [-0.39, 0.29) is 5.92 Å². The van der Waals surface area contributed by atoms with Crippen molar-refractivity contribution in [2.45, 2.75) is 0 Å². The molecular formula is C30H22Si. The first-order valence-electron chi connectivity index (χ1n) is 10.8. The zero-order chi connectivity index (χ0) is 20.7. The second kappa shape index (κ2) is 7.25. The van der Waals surface area contributed by atoms with Crippen LogP contribution in [0.25, 0.3) is 10.8 Å². The van der Waals surface area contributed by atoms with Gasteiger partial charge < -0.3 is 0 Å². The second-order valence-electron chi connectivity index (χ2n) is 8.20. The molecule has 3 aromatic carbocycles. The Kier molecular flexibility index (Phi) is 4.24. The molecule has 0 fully saturated rings. The van der Waals surface area contributed by atoms with Gasteiger partial charge in [0.25, 0.3) is 0 Å². The number of rotatable bonds is 4. The Morgan fingerprint density at radius 2 is 1.26 bits per heavy atom. The highest BCUT2D eigenvalue weighted by molar-refractivity contribution is 7.19. The first-order valence-corrected chi connectivity index (χ1v) is 12.8. The molecular weight excluding hydrogens is 388 g/mol. The molecule has 1 unspecified atom stereocenters. The Labute approximate surface area is 183 Å². The molecule has 0 bridgehead atoms. The maximum atomic E-state index is 3.67. The van der Waals surface area contributed by atoms with Crippen molar-refractivity contribution in [1.82, 2.24) is 0 Å². The molecule has 0 N–H and O–H groups in total. The minimum atomic E-state index is -2.54. The van der Waals surface area contributed by atoms with Gasteiger partial charge in [-0.05, 0) is 42.9 Å². The quantitative estimate of drug-likeness (QED) is 0.454. The molecule has 0 radical (unpaired) electrons. The van der Waals surface area contributed by atoms with Crippen molar-refractivity contribution in [3.05, 3.63) is 149 Å². The molecule has 0 nitrogen and oxygen atoms in total. The summed E-state index contributed by atoms with van der Waals surface area (Å²) in [7, 11) is -2.54. The first-order chi connectivity index (χ1) is 15.4. The second-order valence-corrected chi connectivity index (χ2v) is 11.9. The number of fused-ring (bicyclic) bond motifs is 2. The van der Waals surface area contributed by atoms with Gasteiger partial charge in [-0.3, -0.25) is 0 Å². The van der Waals surface area contributed by atoms with Crippen LogP contribution in [0.15, 0.2) is 138 Å². The van der Waals surface area contributed by atoms with Crippen LogP contribution in [0.5, 0.6) is 0 Å². The Morgan fingerprint density at radius 1 is 0.613 bits per heavy atom. The van der Waals surface area contributed by atoms with Crippen LogP contribution in [0.4, 0.5) is 0 Å². The predicted molar refractivity (Wildman–Crippen MR) is 133 cm³/mol. The van der Waals surface area contributed by atoms with Gasteiger partial charge in [-0.2, -0.15) is 0 Å². The lowest BCUT2D eigenvalue weighted by atomic mass is 9.97. The average Bonchev–Trinajstić information content (AvgIpc) is 3.49. The fraction of sp³-hybridized carbons (Fsp3) is 0.0333. The van der Waals surface area contributed by atoms with Crippen molar-refractivity contribution >= 4 is 29.2 Å². The number of allylic oxidation sites excluding steroid dienone is 7. The Hall–Kier alpha value is -3.64. The van der Waals surface area contributed by atoms with Gasteiger partial charge in [-0.25, -0.2) is 0 Å². The number of hydrogen-bond acceptors (Lipinski definition) is 0. The van der Waals surface area contributed by atoms with Crippen LogP contribution in [0.1, 0.15) is 0 Å². The van der Waals surface area contributed by atoms with E-state index in [0.717, 1.165) is 0 Å². The van der Waals surface area contributed by atoms with E-state index < -0.39 is 8.07 Å². The van der Waals surface area contributed by atoms with Crippen molar-refractivity contribution in [2.24, 2.45) is 5.92 Å². The molecule has 3 aromatic rings. The molecule has 3 aliphatic rings. The maximum absolute atomic E-state index is 3.67. The van der Waals surface area contributed by atoms with Gasteiger partial charge >= 0.3 is 0 Å². The lowest BCUT2D eigenvalue weighted by Gasteiger charge is -2.38. The molecule has 1 atom stereocenters. The minimum Gasteiger partial charge on any atom is -0.121 e. The van der Waals surface area contributed by atoms with E-state index in [0.29, 0.717) is 0 Å². The smallest absolute Gasteiger partial charge is 0.121 e. The van der Waals surface area contributed by atoms with Crippen LogP contribution >= 0.6 is 0 Å². The highest BCUT2D eigenvalue weighted by Gasteiger charge is 2.48. The fourth-order valence-electron chi connectivity index (χ4n) is 5.50. The third-order valence-electron chi connectivity index (χ3n) is 6.68. The largest absolute Gasteiger partial charge is 0.185 e. The molecule has 0 amide bonds. The van der Waals surface area contributed by atoms with E-state index in [1.54, 1.807) is 5.20 Å². The molecule has 0 spiro atoms. The van der Waals surface area contributed by atoms with Crippen molar-refractivity contribution in [3.63, 3.8) is 0 Å². The molecule has 0 saturated carbocycles. The number of hydrogen-bond donors (Lipinski definition) is 0. The standard InChI is InChI=1S/C30H22Si/c1-3-13-23(14-4-1)31(25-17-7-8-18-25,24-15-5-2-6-16-24)30-28-21-11-9-19-26(28)27-20-10-12-22-29(27)30/h1-17,19-22,28H. The van der Waals surface area contributed by atoms with Crippen LogP contribution in [-0.4, -0.2) is 8.07 Å².